The van der Waals surface area contributed by atoms with Crippen molar-refractivity contribution >= 4 is 21.7 Å². The number of anilines is 1. The van der Waals surface area contributed by atoms with Gasteiger partial charge in [-0.25, -0.2) is 13.4 Å². The Balaban J connectivity index is 1.18. The first-order valence-corrected chi connectivity index (χ1v) is 13.7. The van der Waals surface area contributed by atoms with Crippen molar-refractivity contribution in [1.82, 2.24) is 24.3 Å². The molecule has 2 fully saturated rings. The second-order valence-corrected chi connectivity index (χ2v) is 11.4. The largest absolute Gasteiger partial charge is 0.353 e. The molecule has 0 aliphatic carbocycles. The number of piperazine rings is 1. The molecule has 2 aliphatic rings. The number of carbonyl (C=O) groups is 1. The Kier molecular flexibility index (Phi) is 6.76. The van der Waals surface area contributed by atoms with Gasteiger partial charge in [-0.1, -0.05) is 19.0 Å². The highest BCUT2D eigenvalue weighted by atomic mass is 32.2. The third-order valence-electron chi connectivity index (χ3n) is 6.64. The van der Waals surface area contributed by atoms with Crippen molar-refractivity contribution in [3.63, 3.8) is 0 Å². The lowest BCUT2D eigenvalue weighted by Gasteiger charge is -2.35. The molecule has 2 aromatic heterocycles. The van der Waals surface area contributed by atoms with Crippen LogP contribution in [-0.2, 0) is 10.0 Å². The molecule has 36 heavy (non-hydrogen) atoms. The molecule has 11 heteroatoms. The summed E-state index contributed by atoms with van der Waals surface area (Å²) in [5.74, 6) is 2.01. The van der Waals surface area contributed by atoms with Gasteiger partial charge in [0.1, 0.15) is 5.82 Å². The van der Waals surface area contributed by atoms with Crippen LogP contribution in [-0.4, -0.2) is 77.9 Å². The average Bonchev–Trinajstić information content (AvgIpc) is 3.62. The Morgan fingerprint density at radius 3 is 2.22 bits per heavy atom. The molecule has 3 aromatic rings. The topological polar surface area (TPSA) is 113 Å². The number of hydrogen-bond donors (Lipinski definition) is 0. The van der Waals surface area contributed by atoms with Crippen molar-refractivity contribution in [2.24, 2.45) is 0 Å². The van der Waals surface area contributed by atoms with E-state index < -0.39 is 10.0 Å². The normalized spacial score (nSPS) is 17.2. The minimum Gasteiger partial charge on any atom is -0.353 e. The Morgan fingerprint density at radius 2 is 1.64 bits per heavy atom. The van der Waals surface area contributed by atoms with Crippen molar-refractivity contribution in [3.8, 4) is 11.4 Å². The van der Waals surface area contributed by atoms with Crippen LogP contribution in [0.4, 0.5) is 5.82 Å². The number of nitrogens with zero attached hydrogens (tertiary/aromatic N) is 6. The zero-order valence-corrected chi connectivity index (χ0v) is 21.3. The number of hydrogen-bond acceptors (Lipinski definition) is 8. The number of sulfonamides is 1. The molecule has 0 unspecified atom stereocenters. The van der Waals surface area contributed by atoms with Gasteiger partial charge >= 0.3 is 0 Å². The van der Waals surface area contributed by atoms with Gasteiger partial charge in [-0.15, -0.1) is 0 Å². The highest BCUT2D eigenvalue weighted by Gasteiger charge is 2.28. The van der Waals surface area contributed by atoms with Crippen molar-refractivity contribution in [2.75, 3.05) is 44.2 Å². The summed E-state index contributed by atoms with van der Waals surface area (Å²) in [5.41, 5.74) is 1.28. The molecular formula is C25H30N6O4S. The summed E-state index contributed by atoms with van der Waals surface area (Å²) in [5, 5.41) is 4.03. The first-order valence-electron chi connectivity index (χ1n) is 12.3. The Labute approximate surface area is 211 Å². The van der Waals surface area contributed by atoms with E-state index in [0.717, 1.165) is 24.2 Å². The molecule has 0 radical (unpaired) electrons. The number of amides is 1. The fourth-order valence-electron chi connectivity index (χ4n) is 4.46. The van der Waals surface area contributed by atoms with Gasteiger partial charge in [0.15, 0.2) is 0 Å². The molecule has 2 aliphatic heterocycles. The first kappa shape index (κ1) is 24.4. The van der Waals surface area contributed by atoms with Crippen molar-refractivity contribution < 1.29 is 17.7 Å². The van der Waals surface area contributed by atoms with Crippen molar-refractivity contribution in [3.05, 3.63) is 54.0 Å². The standard InChI is InChI=1S/C25H30N6O4S/c1-18(2)24-27-23(28-35-24)20-7-10-22(26-17-20)29-13-15-30(16-14-29)25(32)19-5-8-21(9-6-19)36(33,34)31-11-3-4-12-31/h5-10,17-18H,3-4,11-16H2,1-2H3. The molecule has 1 aromatic carbocycles. The van der Waals surface area contributed by atoms with Crippen LogP contribution in [0.3, 0.4) is 0 Å². The summed E-state index contributed by atoms with van der Waals surface area (Å²) < 4.78 is 32.2. The van der Waals surface area contributed by atoms with Gasteiger partial charge in [0.2, 0.25) is 21.7 Å². The maximum absolute atomic E-state index is 13.0. The second kappa shape index (κ2) is 9.98. The number of carbonyl (C=O) groups excluding carboxylic acids is 1. The SMILES string of the molecule is CC(C)c1nc(-c2ccc(N3CCN(C(=O)c4ccc(S(=O)(=O)N5CCCC5)cc4)CC3)nc2)no1. The molecule has 190 valence electrons. The van der Waals surface area contributed by atoms with E-state index in [1.165, 1.54) is 16.4 Å². The van der Waals surface area contributed by atoms with Crippen molar-refractivity contribution in [1.29, 1.82) is 0 Å². The summed E-state index contributed by atoms with van der Waals surface area (Å²) >= 11 is 0. The van der Waals surface area contributed by atoms with E-state index >= 15 is 0 Å². The highest BCUT2D eigenvalue weighted by molar-refractivity contribution is 7.89. The van der Waals surface area contributed by atoms with E-state index in [0.29, 0.717) is 56.5 Å². The minimum absolute atomic E-state index is 0.0962. The molecule has 1 amide bonds. The molecule has 4 heterocycles. The lowest BCUT2D eigenvalue weighted by Crippen LogP contribution is -2.49. The lowest BCUT2D eigenvalue weighted by atomic mass is 10.2. The predicted molar refractivity (Wildman–Crippen MR) is 134 cm³/mol. The van der Waals surface area contributed by atoms with E-state index in [-0.39, 0.29) is 16.7 Å². The van der Waals surface area contributed by atoms with Crippen LogP contribution >= 0.6 is 0 Å². The number of pyridine rings is 1. The Bertz CT molecular complexity index is 1310. The maximum Gasteiger partial charge on any atom is 0.253 e. The van der Waals surface area contributed by atoms with Crippen molar-refractivity contribution in [2.45, 2.75) is 37.5 Å². The molecule has 0 N–H and O–H groups in total. The predicted octanol–water partition coefficient (Wildman–Crippen LogP) is 3.00. The van der Waals surface area contributed by atoms with E-state index in [1.54, 1.807) is 23.2 Å². The monoisotopic (exact) mass is 510 g/mol. The number of aromatic nitrogens is 3. The number of rotatable bonds is 6. The summed E-state index contributed by atoms with van der Waals surface area (Å²) in [4.78, 5) is 26.2. The third-order valence-corrected chi connectivity index (χ3v) is 8.55. The van der Waals surface area contributed by atoms with E-state index in [4.69, 9.17) is 4.52 Å². The quantitative estimate of drug-likeness (QED) is 0.497. The van der Waals surface area contributed by atoms with Crippen LogP contribution in [0, 0.1) is 0 Å². The minimum atomic E-state index is -3.49. The zero-order valence-electron chi connectivity index (χ0n) is 20.5. The molecule has 0 spiro atoms. The molecule has 10 nitrogen and oxygen atoms in total. The highest BCUT2D eigenvalue weighted by Crippen LogP contribution is 2.23. The van der Waals surface area contributed by atoms with Crippen LogP contribution in [0.5, 0.6) is 0 Å². The van der Waals surface area contributed by atoms with Gasteiger partial charge in [0.05, 0.1) is 4.90 Å². The van der Waals surface area contributed by atoms with Gasteiger partial charge in [0.25, 0.3) is 5.91 Å². The fraction of sp³-hybridized carbons (Fsp3) is 0.440. The smallest absolute Gasteiger partial charge is 0.253 e. The van der Waals surface area contributed by atoms with Crippen LogP contribution in [0.15, 0.2) is 52.0 Å². The average molecular weight is 511 g/mol. The summed E-state index contributed by atoms with van der Waals surface area (Å²) in [6.45, 7) is 7.52. The molecule has 0 atom stereocenters. The first-order chi connectivity index (χ1) is 17.3. The maximum atomic E-state index is 13.0. The van der Waals surface area contributed by atoms with E-state index in [1.807, 2.05) is 26.0 Å². The lowest BCUT2D eigenvalue weighted by molar-refractivity contribution is 0.0746. The van der Waals surface area contributed by atoms with Crippen LogP contribution < -0.4 is 4.90 Å². The summed E-state index contributed by atoms with van der Waals surface area (Å²) in [6, 6.07) is 10.2. The molecular weight excluding hydrogens is 480 g/mol. The third kappa shape index (κ3) is 4.85. The fourth-order valence-corrected chi connectivity index (χ4v) is 5.98. The Morgan fingerprint density at radius 1 is 0.944 bits per heavy atom. The Hall–Kier alpha value is -3.31. The van der Waals surface area contributed by atoms with Crippen LogP contribution in [0.2, 0.25) is 0 Å². The zero-order chi connectivity index (χ0) is 25.3. The molecule has 0 saturated carbocycles. The number of benzene rings is 1. The van der Waals surface area contributed by atoms with Gasteiger partial charge in [-0.3, -0.25) is 4.79 Å². The summed E-state index contributed by atoms with van der Waals surface area (Å²) in [6.07, 6.45) is 3.51. The molecule has 2 saturated heterocycles. The van der Waals surface area contributed by atoms with Gasteiger partial charge in [-0.2, -0.15) is 9.29 Å². The van der Waals surface area contributed by atoms with Crippen LogP contribution in [0.1, 0.15) is 48.9 Å². The second-order valence-electron chi connectivity index (χ2n) is 9.43. The van der Waals surface area contributed by atoms with E-state index in [9.17, 15) is 13.2 Å². The molecule has 0 bridgehead atoms. The van der Waals surface area contributed by atoms with Gasteiger partial charge in [0, 0.05) is 62.5 Å². The van der Waals surface area contributed by atoms with Gasteiger partial charge in [-0.05, 0) is 49.2 Å². The van der Waals surface area contributed by atoms with E-state index in [2.05, 4.69) is 20.0 Å². The van der Waals surface area contributed by atoms with Crippen LogP contribution in [0.25, 0.3) is 11.4 Å². The molecule has 5 rings (SSSR count). The van der Waals surface area contributed by atoms with Gasteiger partial charge < -0.3 is 14.3 Å². The summed E-state index contributed by atoms with van der Waals surface area (Å²) in [7, 11) is -3.49.